The van der Waals surface area contributed by atoms with Crippen molar-refractivity contribution < 1.29 is 37.3 Å². The number of rotatable bonds is 14. The van der Waals surface area contributed by atoms with Crippen molar-refractivity contribution in [1.29, 1.82) is 0 Å². The zero-order valence-electron chi connectivity index (χ0n) is 29.7. The molecule has 14 heteroatoms. The Morgan fingerprint density at radius 3 is 2.40 bits per heavy atom. The van der Waals surface area contributed by atoms with Crippen LogP contribution < -0.4 is 14.8 Å². The highest BCUT2D eigenvalue weighted by Gasteiger charge is 2.39. The number of methoxy groups -OCH3 is 2. The van der Waals surface area contributed by atoms with E-state index in [1.54, 1.807) is 7.11 Å². The molecule has 2 heterocycles. The summed E-state index contributed by atoms with van der Waals surface area (Å²) in [6.45, 7) is 0.722. The summed E-state index contributed by atoms with van der Waals surface area (Å²) in [5.74, 6) is -0.321. The number of nitrogens with zero attached hydrogens (tertiary/aromatic N) is 4. The number of carbonyl (C=O) groups is 2. The summed E-state index contributed by atoms with van der Waals surface area (Å²) >= 11 is 7.12. The first-order valence-corrected chi connectivity index (χ1v) is 17.8. The van der Waals surface area contributed by atoms with Crippen LogP contribution in [-0.2, 0) is 41.7 Å². The number of hydrogen-bond donors (Lipinski definition) is 2. The van der Waals surface area contributed by atoms with Crippen molar-refractivity contribution in [2.75, 3.05) is 34.4 Å². The molecule has 0 radical (unpaired) electrons. The molecule has 1 fully saturated rings. The van der Waals surface area contributed by atoms with E-state index < -0.39 is 17.8 Å². The van der Waals surface area contributed by atoms with Crippen LogP contribution in [-0.4, -0.2) is 71.1 Å². The molecule has 53 heavy (non-hydrogen) atoms. The second kappa shape index (κ2) is 16.2. The van der Waals surface area contributed by atoms with Crippen molar-refractivity contribution in [2.24, 2.45) is 5.92 Å². The van der Waals surface area contributed by atoms with Crippen LogP contribution in [0.1, 0.15) is 65.4 Å². The van der Waals surface area contributed by atoms with Gasteiger partial charge in [-0.3, -0.25) is 14.5 Å². The van der Waals surface area contributed by atoms with Crippen molar-refractivity contribution in [3.63, 3.8) is 0 Å². The van der Waals surface area contributed by atoms with Gasteiger partial charge >= 0.3 is 12.1 Å². The largest absolute Gasteiger partial charge is 0.481 e. The van der Waals surface area contributed by atoms with Crippen LogP contribution in [0.15, 0.2) is 48.5 Å². The van der Waals surface area contributed by atoms with E-state index in [0.717, 1.165) is 40.8 Å². The lowest BCUT2D eigenvalue weighted by molar-refractivity contribution is -0.142. The van der Waals surface area contributed by atoms with Gasteiger partial charge < -0.3 is 19.9 Å². The van der Waals surface area contributed by atoms with E-state index in [-0.39, 0.29) is 42.7 Å². The molecule has 280 valence electrons. The first-order valence-electron chi connectivity index (χ1n) is 17.4. The highest BCUT2D eigenvalue weighted by atomic mass is 35.5. The molecule has 0 amide bonds. The van der Waals surface area contributed by atoms with E-state index in [1.807, 2.05) is 48.5 Å². The number of alkyl halides is 3. The number of ether oxygens (including phenoxy) is 2. The van der Waals surface area contributed by atoms with Gasteiger partial charge in [-0.25, -0.2) is 15.0 Å². The van der Waals surface area contributed by atoms with Crippen molar-refractivity contribution >= 4 is 23.4 Å². The Labute approximate surface area is 310 Å². The summed E-state index contributed by atoms with van der Waals surface area (Å²) in [4.78, 5) is 37.1. The number of carboxylic acid groups (broad SMARTS) is 1. The molecule has 0 bridgehead atoms. The van der Waals surface area contributed by atoms with E-state index in [4.69, 9.17) is 31.2 Å². The maximum Gasteiger partial charge on any atom is 0.435 e. The molecule has 0 unspecified atom stereocenters. The summed E-state index contributed by atoms with van der Waals surface area (Å²) in [5.41, 5.74) is 4.41. The van der Waals surface area contributed by atoms with Crippen molar-refractivity contribution in [1.82, 2.24) is 25.2 Å². The lowest BCUT2D eigenvalue weighted by Gasteiger charge is -2.20. The van der Waals surface area contributed by atoms with E-state index in [1.165, 1.54) is 19.1 Å². The third-order valence-corrected chi connectivity index (χ3v) is 10.3. The lowest BCUT2D eigenvalue weighted by atomic mass is 9.91. The minimum Gasteiger partial charge on any atom is -0.481 e. The fourth-order valence-corrected chi connectivity index (χ4v) is 7.77. The summed E-state index contributed by atoms with van der Waals surface area (Å²) in [7, 11) is 4.34. The molecule has 4 aromatic rings. The zero-order chi connectivity index (χ0) is 37.9. The normalized spacial score (nSPS) is 17.0. The Bertz CT molecular complexity index is 2010. The summed E-state index contributed by atoms with van der Waals surface area (Å²) in [5, 5.41) is 13.0. The predicted molar refractivity (Wildman–Crippen MR) is 193 cm³/mol. The summed E-state index contributed by atoms with van der Waals surface area (Å²) in [6.07, 6.45) is -1.39. The number of carbonyl (C=O) groups excluding carboxylic acids is 1. The van der Waals surface area contributed by atoms with Gasteiger partial charge in [0, 0.05) is 42.6 Å². The number of aliphatic carboxylic acids is 1. The fourth-order valence-electron chi connectivity index (χ4n) is 7.45. The first-order chi connectivity index (χ1) is 25.4. The van der Waals surface area contributed by atoms with Gasteiger partial charge in [0.05, 0.1) is 37.2 Å². The Hall–Kier alpha value is -4.59. The number of benzene rings is 2. The molecule has 2 aromatic carbocycles. The van der Waals surface area contributed by atoms with Gasteiger partial charge in [-0.1, -0.05) is 54.1 Å². The molecule has 10 nitrogen and oxygen atoms in total. The number of likely N-dealkylation sites (N-methyl/N-ethyl adjacent to an activating group) is 1. The van der Waals surface area contributed by atoms with Gasteiger partial charge in [0.1, 0.15) is 11.5 Å². The number of ketones is 1. The number of aromatic nitrogens is 3. The van der Waals surface area contributed by atoms with Gasteiger partial charge in [-0.05, 0) is 73.9 Å². The first kappa shape index (κ1) is 38.1. The maximum absolute atomic E-state index is 14.4. The van der Waals surface area contributed by atoms with Gasteiger partial charge in [0.15, 0.2) is 5.69 Å². The smallest absolute Gasteiger partial charge is 0.435 e. The van der Waals surface area contributed by atoms with Gasteiger partial charge in [0.25, 0.3) is 0 Å². The highest BCUT2D eigenvalue weighted by molar-refractivity contribution is 6.36. The molecule has 1 saturated carbocycles. The Balaban J connectivity index is 1.25. The molecule has 0 spiro atoms. The second-order valence-electron chi connectivity index (χ2n) is 13.7. The molecular weight excluding hydrogens is 711 g/mol. The predicted octanol–water partition coefficient (Wildman–Crippen LogP) is 7.14. The summed E-state index contributed by atoms with van der Waals surface area (Å²) < 4.78 is 54.2. The number of carboxylic acids is 1. The van der Waals surface area contributed by atoms with E-state index in [0.29, 0.717) is 66.1 Å². The number of nitrogens with one attached hydrogen (secondary N) is 1. The van der Waals surface area contributed by atoms with Crippen LogP contribution >= 0.6 is 11.6 Å². The number of pyridine rings is 1. The lowest BCUT2D eigenvalue weighted by Crippen LogP contribution is -2.27. The number of Topliss-reactive ketones (excluding diaryl/α,β-unsaturated/α-hetero) is 1. The fraction of sp³-hybridized carbons (Fsp3) is 0.410. The van der Waals surface area contributed by atoms with Crippen LogP contribution in [0.4, 0.5) is 13.2 Å². The molecule has 2 aliphatic carbocycles. The minimum atomic E-state index is -4.78. The second-order valence-corrected chi connectivity index (χ2v) is 14.0. The number of halogens is 4. The molecular formula is C39H41ClF3N5O5. The Morgan fingerprint density at radius 2 is 1.70 bits per heavy atom. The van der Waals surface area contributed by atoms with Crippen LogP contribution in [0.5, 0.6) is 11.8 Å². The topological polar surface area (TPSA) is 127 Å². The quantitative estimate of drug-likeness (QED) is 0.137. The number of hydrogen-bond acceptors (Lipinski definition) is 9. The van der Waals surface area contributed by atoms with Crippen molar-refractivity contribution in [3.8, 4) is 34.1 Å². The van der Waals surface area contributed by atoms with E-state index in [2.05, 4.69) is 15.3 Å². The van der Waals surface area contributed by atoms with Crippen LogP contribution in [0, 0.1) is 5.92 Å². The standard InChI is InChI=1S/C39H41ClF3N5O5/c1-48(21-34(50)51)20-33-38(53-3)47-32(36(45-33)39(41,42)43)17-23-11-14-28-26(23)6-4-7-27(28)29-8-5-9-30(35(29)40)31-15-12-24(37(46-31)52-2)19-44-18-22-10-13-25(49)16-22/h4-9,12,15,22-23,44H,10-11,13-14,16-21H2,1-3H3,(H,50,51)/t22-,23-/m1/s1. The van der Waals surface area contributed by atoms with Crippen LogP contribution in [0.3, 0.4) is 0 Å². The SMILES string of the molecule is COc1nc(-c2cccc(-c3cccc4c3CC[C@@H]4Cc3nc(OC)c(CN(C)CC(=O)O)nc3C(F)(F)F)c2Cl)ccc1CNC[C@@H]1CCC(=O)C1. The van der Waals surface area contributed by atoms with Gasteiger partial charge in [-0.15, -0.1) is 0 Å². The number of fused-ring (bicyclic) bond motifs is 1. The third-order valence-electron chi connectivity index (χ3n) is 9.92. The minimum absolute atomic E-state index is 0.0165. The molecule has 2 aromatic heterocycles. The molecule has 0 saturated heterocycles. The third kappa shape index (κ3) is 8.63. The van der Waals surface area contributed by atoms with Gasteiger partial charge in [-0.2, -0.15) is 13.2 Å². The monoisotopic (exact) mass is 751 g/mol. The van der Waals surface area contributed by atoms with Crippen LogP contribution in [0.2, 0.25) is 5.02 Å². The van der Waals surface area contributed by atoms with Gasteiger partial charge in [0.2, 0.25) is 11.8 Å². The molecule has 6 rings (SSSR count). The van der Waals surface area contributed by atoms with Crippen molar-refractivity contribution in [3.05, 3.63) is 87.3 Å². The molecule has 2 aliphatic rings. The Morgan fingerprint density at radius 1 is 0.962 bits per heavy atom. The average molecular weight is 752 g/mol. The molecule has 2 atom stereocenters. The zero-order valence-corrected chi connectivity index (χ0v) is 30.5. The van der Waals surface area contributed by atoms with E-state index in [9.17, 15) is 22.8 Å². The van der Waals surface area contributed by atoms with Crippen LogP contribution in [0.25, 0.3) is 22.4 Å². The molecule has 2 N–H and O–H groups in total. The van der Waals surface area contributed by atoms with Crippen molar-refractivity contribution in [2.45, 2.75) is 63.7 Å². The Kier molecular flexibility index (Phi) is 11.7. The molecule has 0 aliphatic heterocycles. The summed E-state index contributed by atoms with van der Waals surface area (Å²) in [6, 6.07) is 15.4. The maximum atomic E-state index is 14.4. The highest BCUT2D eigenvalue weighted by Crippen LogP contribution is 2.45. The van der Waals surface area contributed by atoms with E-state index >= 15 is 0 Å². The average Bonchev–Trinajstić information content (AvgIpc) is 3.73.